The van der Waals surface area contributed by atoms with Gasteiger partial charge in [0.1, 0.15) is 0 Å². The van der Waals surface area contributed by atoms with E-state index in [2.05, 4.69) is 12.2 Å². The molecule has 0 fully saturated rings. The van der Waals surface area contributed by atoms with Gasteiger partial charge >= 0.3 is 5.97 Å². The quantitative estimate of drug-likeness (QED) is 0.381. The fraction of sp³-hybridized carbons (Fsp3) is 0.636. The van der Waals surface area contributed by atoms with Gasteiger partial charge in [0.05, 0.1) is 13.5 Å². The van der Waals surface area contributed by atoms with Crippen LogP contribution < -0.4 is 5.32 Å². The molecule has 1 amide bonds. The second-order valence-electron chi connectivity index (χ2n) is 6.92. The first-order valence-corrected chi connectivity index (χ1v) is 10.1. The van der Waals surface area contributed by atoms with Crippen LogP contribution in [0.15, 0.2) is 30.3 Å². The second-order valence-corrected chi connectivity index (χ2v) is 6.92. The third kappa shape index (κ3) is 9.57. The van der Waals surface area contributed by atoms with Crippen molar-refractivity contribution >= 4 is 11.9 Å². The molecule has 5 heteroatoms. The number of carbonyl (C=O) groups excluding carboxylic acids is 2. The number of methoxy groups -OCH3 is 2. The Hall–Kier alpha value is -1.88. The highest BCUT2D eigenvalue weighted by molar-refractivity contribution is 5.83. The summed E-state index contributed by atoms with van der Waals surface area (Å²) in [6.45, 7) is 2.21. The molecule has 5 nitrogen and oxygen atoms in total. The summed E-state index contributed by atoms with van der Waals surface area (Å²) in [6, 6.07) is 9.13. The first-order valence-electron chi connectivity index (χ1n) is 10.1. The molecule has 0 aliphatic carbocycles. The summed E-state index contributed by atoms with van der Waals surface area (Å²) < 4.78 is 10.2. The van der Waals surface area contributed by atoms with Crippen LogP contribution in [0, 0.1) is 0 Å². The highest BCUT2D eigenvalue weighted by Gasteiger charge is 2.24. The van der Waals surface area contributed by atoms with Gasteiger partial charge in [-0.1, -0.05) is 82.2 Å². The summed E-state index contributed by atoms with van der Waals surface area (Å²) in [5, 5.41) is 2.98. The topological polar surface area (TPSA) is 64.6 Å². The fourth-order valence-electron chi connectivity index (χ4n) is 3.16. The number of amides is 1. The molecular formula is C22H35NO4. The number of unbranched alkanes of at least 4 members (excludes halogenated alkanes) is 6. The minimum atomic E-state index is -0.680. The Bertz CT molecular complexity index is 532. The van der Waals surface area contributed by atoms with Gasteiger partial charge in [0.25, 0.3) is 5.91 Å². The van der Waals surface area contributed by atoms with Crippen molar-refractivity contribution in [3.05, 3.63) is 35.9 Å². The van der Waals surface area contributed by atoms with E-state index < -0.39 is 6.10 Å². The van der Waals surface area contributed by atoms with Gasteiger partial charge < -0.3 is 14.8 Å². The first-order chi connectivity index (χ1) is 13.1. The van der Waals surface area contributed by atoms with Crippen LogP contribution in [0.1, 0.15) is 76.4 Å². The number of hydrogen-bond donors (Lipinski definition) is 1. The number of esters is 1. The molecule has 0 aliphatic rings. The van der Waals surface area contributed by atoms with Gasteiger partial charge in [-0.2, -0.15) is 0 Å². The third-order valence-electron chi connectivity index (χ3n) is 4.72. The average molecular weight is 378 g/mol. The van der Waals surface area contributed by atoms with Gasteiger partial charge in [0.15, 0.2) is 6.10 Å². The zero-order valence-corrected chi connectivity index (χ0v) is 17.0. The number of hydrogen-bond acceptors (Lipinski definition) is 4. The molecule has 2 atom stereocenters. The molecule has 1 aromatic carbocycles. The van der Waals surface area contributed by atoms with E-state index in [-0.39, 0.29) is 24.3 Å². The van der Waals surface area contributed by atoms with Crippen molar-refractivity contribution in [2.24, 2.45) is 0 Å². The zero-order chi connectivity index (χ0) is 19.9. The summed E-state index contributed by atoms with van der Waals surface area (Å²) in [4.78, 5) is 24.4. The molecular weight excluding hydrogens is 342 g/mol. The molecule has 152 valence electrons. The number of benzene rings is 1. The van der Waals surface area contributed by atoms with E-state index in [0.717, 1.165) is 24.8 Å². The average Bonchev–Trinajstić information content (AvgIpc) is 2.68. The van der Waals surface area contributed by atoms with E-state index in [1.807, 2.05) is 30.3 Å². The molecule has 1 rings (SSSR count). The standard InChI is InChI=1S/C22H35NO4/c1-4-5-6-7-8-9-13-16-19(17-20(24)26-2)23-22(25)21(27-3)18-14-11-10-12-15-18/h10-12,14-15,19,21H,4-9,13,16-17H2,1-3H3,(H,23,25)/t19-,21?/m0/s1. The smallest absolute Gasteiger partial charge is 0.307 e. The summed E-state index contributed by atoms with van der Waals surface area (Å²) in [5.74, 6) is -0.530. The maximum Gasteiger partial charge on any atom is 0.307 e. The Morgan fingerprint density at radius 3 is 2.19 bits per heavy atom. The predicted molar refractivity (Wildman–Crippen MR) is 107 cm³/mol. The van der Waals surface area contributed by atoms with Crippen molar-refractivity contribution in [3.63, 3.8) is 0 Å². The van der Waals surface area contributed by atoms with Crippen molar-refractivity contribution in [1.82, 2.24) is 5.32 Å². The minimum absolute atomic E-state index is 0.184. The zero-order valence-electron chi connectivity index (χ0n) is 17.0. The lowest BCUT2D eigenvalue weighted by molar-refractivity contribution is -0.141. The van der Waals surface area contributed by atoms with E-state index in [4.69, 9.17) is 9.47 Å². The maximum absolute atomic E-state index is 12.7. The summed E-state index contributed by atoms with van der Waals surface area (Å²) in [5.41, 5.74) is 0.797. The van der Waals surface area contributed by atoms with Crippen LogP contribution >= 0.6 is 0 Å². The molecule has 1 aromatic rings. The molecule has 0 heterocycles. The largest absolute Gasteiger partial charge is 0.469 e. The normalized spacial score (nSPS) is 13.0. The number of ether oxygens (including phenoxy) is 2. The van der Waals surface area contributed by atoms with Crippen LogP contribution in [0.3, 0.4) is 0 Å². The molecule has 27 heavy (non-hydrogen) atoms. The Kier molecular flexibility index (Phi) is 12.2. The number of rotatable bonds is 14. The second kappa shape index (κ2) is 14.2. The molecule has 1 N–H and O–H groups in total. The molecule has 0 aromatic heterocycles. The van der Waals surface area contributed by atoms with Crippen LogP contribution in [0.25, 0.3) is 0 Å². The summed E-state index contributed by atoms with van der Waals surface area (Å²) >= 11 is 0. The van der Waals surface area contributed by atoms with Crippen LogP contribution in [0.5, 0.6) is 0 Å². The Balaban J connectivity index is 2.54. The summed E-state index contributed by atoms with van der Waals surface area (Å²) in [6.07, 6.45) is 8.63. The van der Waals surface area contributed by atoms with Gasteiger partial charge in [-0.15, -0.1) is 0 Å². The molecule has 0 radical (unpaired) electrons. The molecule has 1 unspecified atom stereocenters. The van der Waals surface area contributed by atoms with Crippen LogP contribution in [0.2, 0.25) is 0 Å². The monoisotopic (exact) mass is 377 g/mol. The predicted octanol–water partition coefficient (Wildman–Crippen LogP) is 4.56. The van der Waals surface area contributed by atoms with Gasteiger partial charge in [0.2, 0.25) is 0 Å². The van der Waals surface area contributed by atoms with Crippen LogP contribution in [-0.4, -0.2) is 32.1 Å². The minimum Gasteiger partial charge on any atom is -0.469 e. The third-order valence-corrected chi connectivity index (χ3v) is 4.72. The van der Waals surface area contributed by atoms with Gasteiger partial charge in [-0.25, -0.2) is 0 Å². The highest BCUT2D eigenvalue weighted by Crippen LogP contribution is 2.18. The highest BCUT2D eigenvalue weighted by atomic mass is 16.5. The lowest BCUT2D eigenvalue weighted by Gasteiger charge is -2.22. The molecule has 0 saturated carbocycles. The van der Waals surface area contributed by atoms with E-state index in [1.165, 1.54) is 46.3 Å². The van der Waals surface area contributed by atoms with Crippen molar-refractivity contribution in [2.75, 3.05) is 14.2 Å². The lowest BCUT2D eigenvalue weighted by Crippen LogP contribution is -2.40. The van der Waals surface area contributed by atoms with Crippen molar-refractivity contribution in [2.45, 2.75) is 76.9 Å². The van der Waals surface area contributed by atoms with Crippen molar-refractivity contribution < 1.29 is 19.1 Å². The van der Waals surface area contributed by atoms with Gasteiger partial charge in [0, 0.05) is 13.2 Å². The molecule has 0 bridgehead atoms. The van der Waals surface area contributed by atoms with E-state index in [9.17, 15) is 9.59 Å². The van der Waals surface area contributed by atoms with Gasteiger partial charge in [-0.3, -0.25) is 9.59 Å². The Morgan fingerprint density at radius 1 is 0.963 bits per heavy atom. The van der Waals surface area contributed by atoms with Crippen molar-refractivity contribution in [1.29, 1.82) is 0 Å². The Labute approximate surface area is 163 Å². The van der Waals surface area contributed by atoms with E-state index >= 15 is 0 Å². The van der Waals surface area contributed by atoms with Crippen LogP contribution in [-0.2, 0) is 19.1 Å². The molecule has 0 saturated heterocycles. The number of carbonyl (C=O) groups is 2. The summed E-state index contributed by atoms with van der Waals surface area (Å²) in [7, 11) is 2.89. The van der Waals surface area contributed by atoms with Gasteiger partial charge in [-0.05, 0) is 12.0 Å². The van der Waals surface area contributed by atoms with Crippen molar-refractivity contribution in [3.8, 4) is 0 Å². The molecule has 0 spiro atoms. The molecule has 0 aliphatic heterocycles. The fourth-order valence-corrected chi connectivity index (χ4v) is 3.16. The van der Waals surface area contributed by atoms with E-state index in [0.29, 0.717) is 0 Å². The lowest BCUT2D eigenvalue weighted by atomic mass is 10.0. The number of nitrogens with one attached hydrogen (secondary N) is 1. The SMILES string of the molecule is CCCCCCCCC[C@@H](CC(=O)OC)NC(=O)C(OC)c1ccccc1. The first kappa shape index (κ1) is 23.2. The maximum atomic E-state index is 12.7. The van der Waals surface area contributed by atoms with E-state index in [1.54, 1.807) is 0 Å². The Morgan fingerprint density at radius 2 is 1.59 bits per heavy atom. The van der Waals surface area contributed by atoms with Crippen LogP contribution in [0.4, 0.5) is 0 Å².